The fraction of sp³-hybridized carbons (Fsp3) is 0.214. The van der Waals surface area contributed by atoms with Gasteiger partial charge in [0.25, 0.3) is 0 Å². The van der Waals surface area contributed by atoms with Crippen LogP contribution in [0.4, 0.5) is 5.82 Å². The summed E-state index contributed by atoms with van der Waals surface area (Å²) in [4.78, 5) is 3.97. The van der Waals surface area contributed by atoms with Crippen LogP contribution in [0.3, 0.4) is 0 Å². The molecule has 2 N–H and O–H groups in total. The molecule has 94 valence electrons. The predicted molar refractivity (Wildman–Crippen MR) is 70.7 cm³/mol. The fourth-order valence-electron chi connectivity index (χ4n) is 1.53. The second-order valence-electron chi connectivity index (χ2n) is 3.91. The van der Waals surface area contributed by atoms with Crippen molar-refractivity contribution in [3.05, 3.63) is 48.2 Å². The Morgan fingerprint density at radius 1 is 1.06 bits per heavy atom. The van der Waals surface area contributed by atoms with E-state index in [0.717, 1.165) is 18.8 Å². The lowest BCUT2D eigenvalue weighted by atomic mass is 10.1. The van der Waals surface area contributed by atoms with E-state index in [2.05, 4.69) is 4.98 Å². The van der Waals surface area contributed by atoms with Crippen LogP contribution in [-0.4, -0.2) is 18.7 Å². The summed E-state index contributed by atoms with van der Waals surface area (Å²) in [6, 6.07) is 11.4. The van der Waals surface area contributed by atoms with E-state index in [1.54, 1.807) is 25.4 Å². The van der Waals surface area contributed by atoms with Crippen LogP contribution in [0.1, 0.15) is 5.56 Å². The summed E-state index contributed by atoms with van der Waals surface area (Å²) in [5.74, 6) is 1.94. The molecule has 2 aromatic rings. The molecule has 1 aromatic carbocycles. The number of rotatable bonds is 5. The van der Waals surface area contributed by atoms with Gasteiger partial charge in [0.1, 0.15) is 17.3 Å². The lowest BCUT2D eigenvalue weighted by Crippen LogP contribution is -1.94. The molecule has 0 atom stereocenters. The zero-order valence-electron chi connectivity index (χ0n) is 10.3. The van der Waals surface area contributed by atoms with Crippen molar-refractivity contribution in [2.45, 2.75) is 6.42 Å². The second kappa shape index (κ2) is 6.02. The number of pyridine rings is 1. The summed E-state index contributed by atoms with van der Waals surface area (Å²) in [7, 11) is 1.70. The van der Waals surface area contributed by atoms with Crippen molar-refractivity contribution in [1.29, 1.82) is 0 Å². The van der Waals surface area contributed by atoms with Gasteiger partial charge in [-0.1, -0.05) is 12.1 Å². The number of nitrogens with zero attached hydrogens (tertiary/aromatic N) is 1. The minimum Gasteiger partial charge on any atom is -0.456 e. The Bertz CT molecular complexity index is 480. The summed E-state index contributed by atoms with van der Waals surface area (Å²) in [5.41, 5.74) is 6.73. The third-order valence-corrected chi connectivity index (χ3v) is 2.51. The van der Waals surface area contributed by atoms with Crippen molar-refractivity contribution in [1.82, 2.24) is 4.98 Å². The van der Waals surface area contributed by atoms with Crippen molar-refractivity contribution < 1.29 is 9.47 Å². The first-order chi connectivity index (χ1) is 8.78. The molecule has 0 spiro atoms. The number of methoxy groups -OCH3 is 1. The maximum atomic E-state index is 5.64. The van der Waals surface area contributed by atoms with Gasteiger partial charge >= 0.3 is 0 Å². The highest BCUT2D eigenvalue weighted by molar-refractivity contribution is 5.36. The fourth-order valence-corrected chi connectivity index (χ4v) is 1.53. The lowest BCUT2D eigenvalue weighted by Gasteiger charge is -2.06. The number of hydrogen-bond acceptors (Lipinski definition) is 4. The van der Waals surface area contributed by atoms with Crippen molar-refractivity contribution in [3.8, 4) is 11.5 Å². The highest BCUT2D eigenvalue weighted by Gasteiger charge is 1.98. The van der Waals surface area contributed by atoms with Crippen molar-refractivity contribution >= 4 is 5.82 Å². The number of aromatic nitrogens is 1. The molecule has 0 radical (unpaired) electrons. The minimum absolute atomic E-state index is 0.484. The van der Waals surface area contributed by atoms with Gasteiger partial charge in [-0.15, -0.1) is 0 Å². The molecule has 18 heavy (non-hydrogen) atoms. The Morgan fingerprint density at radius 2 is 1.78 bits per heavy atom. The number of anilines is 1. The van der Waals surface area contributed by atoms with Crippen molar-refractivity contribution in [3.63, 3.8) is 0 Å². The summed E-state index contributed by atoms with van der Waals surface area (Å²) < 4.78 is 10.7. The summed E-state index contributed by atoms with van der Waals surface area (Å²) >= 11 is 0. The predicted octanol–water partition coefficient (Wildman–Crippen LogP) is 2.65. The summed E-state index contributed by atoms with van der Waals surface area (Å²) in [6.07, 6.45) is 2.51. The molecule has 0 saturated carbocycles. The van der Waals surface area contributed by atoms with Crippen molar-refractivity contribution in [2.24, 2.45) is 0 Å². The van der Waals surface area contributed by atoms with E-state index < -0.39 is 0 Å². The molecular formula is C14H16N2O2. The van der Waals surface area contributed by atoms with Crippen LogP contribution < -0.4 is 10.5 Å². The molecule has 1 aromatic heterocycles. The van der Waals surface area contributed by atoms with Gasteiger partial charge in [-0.25, -0.2) is 4.98 Å². The molecule has 0 bridgehead atoms. The monoisotopic (exact) mass is 244 g/mol. The molecule has 0 saturated heterocycles. The molecule has 0 aliphatic heterocycles. The summed E-state index contributed by atoms with van der Waals surface area (Å²) in [5, 5.41) is 0. The molecule has 0 amide bonds. The zero-order valence-corrected chi connectivity index (χ0v) is 10.3. The van der Waals surface area contributed by atoms with Crippen LogP contribution in [0, 0.1) is 0 Å². The SMILES string of the molecule is COCCc1ccc(Oc2ccc(N)nc2)cc1. The van der Waals surface area contributed by atoms with Gasteiger partial charge in [0, 0.05) is 7.11 Å². The Kier molecular flexibility index (Phi) is 4.15. The van der Waals surface area contributed by atoms with Crippen LogP contribution in [0.5, 0.6) is 11.5 Å². The maximum absolute atomic E-state index is 5.64. The summed E-state index contributed by atoms with van der Waals surface area (Å²) in [6.45, 7) is 0.724. The maximum Gasteiger partial charge on any atom is 0.145 e. The zero-order chi connectivity index (χ0) is 12.8. The average molecular weight is 244 g/mol. The molecule has 2 rings (SSSR count). The number of hydrogen-bond donors (Lipinski definition) is 1. The second-order valence-corrected chi connectivity index (χ2v) is 3.91. The van der Waals surface area contributed by atoms with Crippen LogP contribution in [0.2, 0.25) is 0 Å². The quantitative estimate of drug-likeness (QED) is 0.878. The third kappa shape index (κ3) is 3.46. The average Bonchev–Trinajstić information content (AvgIpc) is 2.41. The first-order valence-corrected chi connectivity index (χ1v) is 5.75. The Labute approximate surface area is 106 Å². The minimum atomic E-state index is 0.484. The van der Waals surface area contributed by atoms with Crippen LogP contribution in [0.15, 0.2) is 42.6 Å². The first kappa shape index (κ1) is 12.4. The van der Waals surface area contributed by atoms with E-state index in [1.807, 2.05) is 24.3 Å². The van der Waals surface area contributed by atoms with Gasteiger partial charge in [-0.2, -0.15) is 0 Å². The lowest BCUT2D eigenvalue weighted by molar-refractivity contribution is 0.202. The van der Waals surface area contributed by atoms with E-state index in [1.165, 1.54) is 5.56 Å². The van der Waals surface area contributed by atoms with Gasteiger partial charge < -0.3 is 15.2 Å². The van der Waals surface area contributed by atoms with E-state index in [9.17, 15) is 0 Å². The molecule has 4 nitrogen and oxygen atoms in total. The van der Waals surface area contributed by atoms with E-state index in [0.29, 0.717) is 11.6 Å². The highest BCUT2D eigenvalue weighted by atomic mass is 16.5. The van der Waals surface area contributed by atoms with E-state index in [4.69, 9.17) is 15.2 Å². The Morgan fingerprint density at radius 3 is 2.39 bits per heavy atom. The van der Waals surface area contributed by atoms with Gasteiger partial charge in [0.15, 0.2) is 0 Å². The molecule has 0 aliphatic rings. The largest absolute Gasteiger partial charge is 0.456 e. The van der Waals surface area contributed by atoms with Crippen molar-refractivity contribution in [2.75, 3.05) is 19.5 Å². The number of ether oxygens (including phenoxy) is 2. The number of nitrogen functional groups attached to an aromatic ring is 1. The highest BCUT2D eigenvalue weighted by Crippen LogP contribution is 2.21. The number of benzene rings is 1. The Hall–Kier alpha value is -2.07. The molecular weight excluding hydrogens is 228 g/mol. The van der Waals surface area contributed by atoms with Crippen LogP contribution >= 0.6 is 0 Å². The molecule has 0 fully saturated rings. The number of nitrogens with two attached hydrogens (primary N) is 1. The third-order valence-electron chi connectivity index (χ3n) is 2.51. The molecule has 0 aliphatic carbocycles. The molecule has 1 heterocycles. The first-order valence-electron chi connectivity index (χ1n) is 5.75. The standard InChI is InChI=1S/C14H16N2O2/c1-17-9-8-11-2-4-12(5-3-11)18-13-6-7-14(15)16-10-13/h2-7,10H,8-9H2,1H3,(H2,15,16). The van der Waals surface area contributed by atoms with Gasteiger partial charge in [-0.3, -0.25) is 0 Å². The van der Waals surface area contributed by atoms with Gasteiger partial charge in [0.05, 0.1) is 12.8 Å². The van der Waals surface area contributed by atoms with Crippen LogP contribution in [-0.2, 0) is 11.2 Å². The van der Waals surface area contributed by atoms with Gasteiger partial charge in [-0.05, 0) is 36.2 Å². The van der Waals surface area contributed by atoms with E-state index in [-0.39, 0.29) is 0 Å². The topological polar surface area (TPSA) is 57.4 Å². The molecule has 0 unspecified atom stereocenters. The van der Waals surface area contributed by atoms with E-state index >= 15 is 0 Å². The smallest absolute Gasteiger partial charge is 0.145 e. The normalized spacial score (nSPS) is 10.3. The van der Waals surface area contributed by atoms with Crippen LogP contribution in [0.25, 0.3) is 0 Å². The molecule has 4 heteroatoms. The Balaban J connectivity index is 1.99. The van der Waals surface area contributed by atoms with Gasteiger partial charge in [0.2, 0.25) is 0 Å².